The Morgan fingerprint density at radius 1 is 1.13 bits per heavy atom. The van der Waals surface area contributed by atoms with E-state index in [1.165, 1.54) is 12.8 Å². The number of ether oxygens (including phenoxy) is 3. The van der Waals surface area contributed by atoms with Crippen LogP contribution in [0.4, 0.5) is 0 Å². The molecule has 0 aromatic heterocycles. The third-order valence-corrected chi connectivity index (χ3v) is 6.63. The first-order chi connectivity index (χ1) is 15.1. The Hall–Kier alpha value is -2.28. The van der Waals surface area contributed by atoms with Crippen LogP contribution in [0.5, 0.6) is 11.5 Å². The van der Waals surface area contributed by atoms with Crippen LogP contribution in [-0.2, 0) is 11.3 Å². The van der Waals surface area contributed by atoms with E-state index in [4.69, 9.17) is 25.8 Å². The molecule has 0 radical (unpaired) electrons. The molecular weight excluding hydrogens is 416 g/mol. The molecule has 6 nitrogen and oxygen atoms in total. The van der Waals surface area contributed by atoms with E-state index < -0.39 is 0 Å². The summed E-state index contributed by atoms with van der Waals surface area (Å²) in [6.07, 6.45) is 2.16. The van der Waals surface area contributed by atoms with Gasteiger partial charge in [-0.15, -0.1) is 0 Å². The Labute approximate surface area is 187 Å². The fourth-order valence-electron chi connectivity index (χ4n) is 4.61. The van der Waals surface area contributed by atoms with E-state index in [-0.39, 0.29) is 18.1 Å². The van der Waals surface area contributed by atoms with Crippen molar-refractivity contribution < 1.29 is 19.0 Å². The minimum Gasteiger partial charge on any atom is -0.486 e. The molecule has 4 aliphatic heterocycles. The number of piperidine rings is 3. The summed E-state index contributed by atoms with van der Waals surface area (Å²) in [5.41, 5.74) is 1.66. The van der Waals surface area contributed by atoms with E-state index >= 15 is 0 Å². The van der Waals surface area contributed by atoms with Crippen LogP contribution in [0.15, 0.2) is 42.5 Å². The number of amides is 1. The summed E-state index contributed by atoms with van der Waals surface area (Å²) < 4.78 is 17.6. The SMILES string of the molecule is O=C(N[C@H]1CN2CCC1CC2)c1ccc2c(c1)OC[C@@H](COCc1ccc(Cl)cc1)O2. The molecule has 2 atom stereocenters. The molecule has 0 spiro atoms. The highest BCUT2D eigenvalue weighted by atomic mass is 35.5. The van der Waals surface area contributed by atoms with Gasteiger partial charge < -0.3 is 24.4 Å². The summed E-state index contributed by atoms with van der Waals surface area (Å²) in [5.74, 6) is 1.81. The van der Waals surface area contributed by atoms with Crippen molar-refractivity contribution in [1.29, 1.82) is 0 Å². The van der Waals surface area contributed by atoms with Gasteiger partial charge in [-0.05, 0) is 67.7 Å². The van der Waals surface area contributed by atoms with Gasteiger partial charge in [-0.2, -0.15) is 0 Å². The Morgan fingerprint density at radius 2 is 1.94 bits per heavy atom. The number of fused-ring (bicyclic) bond motifs is 4. The number of hydrogen-bond donors (Lipinski definition) is 1. The lowest BCUT2D eigenvalue weighted by Crippen LogP contribution is -2.57. The predicted molar refractivity (Wildman–Crippen MR) is 118 cm³/mol. The Morgan fingerprint density at radius 3 is 2.68 bits per heavy atom. The zero-order valence-corrected chi connectivity index (χ0v) is 18.1. The summed E-state index contributed by atoms with van der Waals surface area (Å²) in [4.78, 5) is 15.2. The molecule has 3 fully saturated rings. The number of nitrogens with one attached hydrogen (secondary N) is 1. The minimum atomic E-state index is -0.189. The molecule has 164 valence electrons. The molecule has 0 aliphatic carbocycles. The molecular formula is C24H27ClN2O4. The lowest BCUT2D eigenvalue weighted by molar-refractivity contribution is 0.00267. The fourth-order valence-corrected chi connectivity index (χ4v) is 4.73. The summed E-state index contributed by atoms with van der Waals surface area (Å²) >= 11 is 5.91. The van der Waals surface area contributed by atoms with Crippen LogP contribution in [0, 0.1) is 5.92 Å². The maximum Gasteiger partial charge on any atom is 0.251 e. The van der Waals surface area contributed by atoms with Crippen molar-refractivity contribution >= 4 is 17.5 Å². The number of carbonyl (C=O) groups is 1. The van der Waals surface area contributed by atoms with Gasteiger partial charge in [-0.1, -0.05) is 23.7 Å². The smallest absolute Gasteiger partial charge is 0.251 e. The van der Waals surface area contributed by atoms with Crippen LogP contribution >= 0.6 is 11.6 Å². The van der Waals surface area contributed by atoms with Crippen LogP contribution in [0.2, 0.25) is 5.02 Å². The van der Waals surface area contributed by atoms with Gasteiger partial charge in [0.2, 0.25) is 0 Å². The quantitative estimate of drug-likeness (QED) is 0.741. The van der Waals surface area contributed by atoms with Crippen LogP contribution in [-0.4, -0.2) is 55.8 Å². The van der Waals surface area contributed by atoms with Crippen molar-refractivity contribution in [3.05, 3.63) is 58.6 Å². The third kappa shape index (κ3) is 4.81. The molecule has 4 heterocycles. The second-order valence-corrected chi connectivity index (χ2v) is 9.01. The maximum absolute atomic E-state index is 12.8. The van der Waals surface area contributed by atoms with E-state index in [1.54, 1.807) is 12.1 Å². The van der Waals surface area contributed by atoms with Gasteiger partial charge in [0.1, 0.15) is 6.61 Å². The average molecular weight is 443 g/mol. The van der Waals surface area contributed by atoms with Gasteiger partial charge in [0, 0.05) is 23.2 Å². The molecule has 2 aromatic carbocycles. The first-order valence-corrected chi connectivity index (χ1v) is 11.3. The van der Waals surface area contributed by atoms with Crippen molar-refractivity contribution in [3.63, 3.8) is 0 Å². The second kappa shape index (κ2) is 9.07. The summed E-state index contributed by atoms with van der Waals surface area (Å²) in [6.45, 7) is 4.57. The van der Waals surface area contributed by atoms with Crippen LogP contribution in [0.1, 0.15) is 28.8 Å². The molecule has 1 amide bonds. The monoisotopic (exact) mass is 442 g/mol. The summed E-state index contributed by atoms with van der Waals surface area (Å²) in [5, 5.41) is 3.93. The van der Waals surface area contributed by atoms with Crippen molar-refractivity contribution in [3.8, 4) is 11.5 Å². The van der Waals surface area contributed by atoms with Crippen molar-refractivity contribution in [1.82, 2.24) is 10.2 Å². The number of benzene rings is 2. The first-order valence-electron chi connectivity index (χ1n) is 10.9. The third-order valence-electron chi connectivity index (χ3n) is 6.38. The van der Waals surface area contributed by atoms with Crippen molar-refractivity contribution in [2.24, 2.45) is 5.92 Å². The van der Waals surface area contributed by atoms with E-state index in [2.05, 4.69) is 10.2 Å². The highest BCUT2D eigenvalue weighted by Crippen LogP contribution is 2.33. The lowest BCUT2D eigenvalue weighted by atomic mass is 9.84. The second-order valence-electron chi connectivity index (χ2n) is 8.57. The number of halogens is 1. The number of hydrogen-bond acceptors (Lipinski definition) is 5. The largest absolute Gasteiger partial charge is 0.486 e. The van der Waals surface area contributed by atoms with Gasteiger partial charge in [0.15, 0.2) is 17.6 Å². The number of nitrogens with zero attached hydrogens (tertiary/aromatic N) is 1. The van der Waals surface area contributed by atoms with Gasteiger partial charge in [-0.25, -0.2) is 0 Å². The highest BCUT2D eigenvalue weighted by molar-refractivity contribution is 6.30. The van der Waals surface area contributed by atoms with Crippen LogP contribution in [0.25, 0.3) is 0 Å². The molecule has 6 rings (SSSR count). The molecule has 3 saturated heterocycles. The Bertz CT molecular complexity index is 928. The average Bonchev–Trinajstić information content (AvgIpc) is 2.81. The molecule has 0 saturated carbocycles. The lowest BCUT2D eigenvalue weighted by Gasteiger charge is -2.44. The fraction of sp³-hybridized carbons (Fsp3) is 0.458. The standard InChI is InChI=1S/C24H27ClN2O4/c25-19-4-1-16(2-5-19)13-29-14-20-15-30-23-11-18(3-6-22(23)31-20)24(28)26-21-12-27-9-7-17(21)8-10-27/h1-6,11,17,20-21H,7-10,12-15H2,(H,26,28)/t20-,21+/m1/s1. The number of carbonyl (C=O) groups excluding carboxylic acids is 1. The van der Waals surface area contributed by atoms with E-state index in [0.717, 1.165) is 25.2 Å². The molecule has 0 unspecified atom stereocenters. The van der Waals surface area contributed by atoms with Crippen LogP contribution in [0.3, 0.4) is 0 Å². The van der Waals surface area contributed by atoms with Gasteiger partial charge in [0.25, 0.3) is 5.91 Å². The predicted octanol–water partition coefficient (Wildman–Crippen LogP) is 3.52. The van der Waals surface area contributed by atoms with E-state index in [1.807, 2.05) is 30.3 Å². The maximum atomic E-state index is 12.8. The summed E-state index contributed by atoms with van der Waals surface area (Å²) in [6, 6.07) is 13.2. The molecule has 2 aromatic rings. The topological polar surface area (TPSA) is 60.0 Å². The zero-order valence-electron chi connectivity index (χ0n) is 17.4. The van der Waals surface area contributed by atoms with Crippen molar-refractivity contribution in [2.45, 2.75) is 31.6 Å². The van der Waals surface area contributed by atoms with E-state index in [9.17, 15) is 4.79 Å². The zero-order chi connectivity index (χ0) is 21.2. The number of rotatable bonds is 6. The van der Waals surface area contributed by atoms with E-state index in [0.29, 0.717) is 47.8 Å². The highest BCUT2D eigenvalue weighted by Gasteiger charge is 2.35. The summed E-state index contributed by atoms with van der Waals surface area (Å²) in [7, 11) is 0. The molecule has 7 heteroatoms. The minimum absolute atomic E-state index is 0.0430. The molecule has 4 aliphatic rings. The van der Waals surface area contributed by atoms with Crippen molar-refractivity contribution in [2.75, 3.05) is 32.8 Å². The van der Waals surface area contributed by atoms with Gasteiger partial charge in [0.05, 0.1) is 13.2 Å². The first kappa shape index (κ1) is 20.6. The Balaban J connectivity index is 1.14. The van der Waals surface area contributed by atoms with Gasteiger partial charge in [-0.3, -0.25) is 4.79 Å². The normalized spacial score (nSPS) is 26.5. The van der Waals surface area contributed by atoms with Crippen LogP contribution < -0.4 is 14.8 Å². The molecule has 2 bridgehead atoms. The molecule has 31 heavy (non-hydrogen) atoms. The molecule has 1 N–H and O–H groups in total. The Kier molecular flexibility index (Phi) is 6.03. The van der Waals surface area contributed by atoms with Gasteiger partial charge >= 0.3 is 0 Å².